The molecule has 0 radical (unpaired) electrons. The summed E-state index contributed by atoms with van der Waals surface area (Å²) in [7, 11) is 2.71. The van der Waals surface area contributed by atoms with E-state index in [0.29, 0.717) is 16.9 Å². The number of nitrogens with zero attached hydrogens (tertiary/aromatic N) is 2. The number of carbonyl (C=O) groups is 1. The summed E-state index contributed by atoms with van der Waals surface area (Å²) in [5.74, 6) is -0.172. The molecular weight excluding hydrogens is 285 g/mol. The summed E-state index contributed by atoms with van der Waals surface area (Å²) >= 11 is 0. The van der Waals surface area contributed by atoms with Gasteiger partial charge in [-0.25, -0.2) is 0 Å². The van der Waals surface area contributed by atoms with Crippen molar-refractivity contribution in [3.05, 3.63) is 0 Å². The monoisotopic (exact) mass is 308 g/mol. The van der Waals surface area contributed by atoms with E-state index in [1.165, 1.54) is 6.42 Å². The largest absolute Gasteiger partial charge is 0.406 e. The van der Waals surface area contributed by atoms with Crippen LogP contribution in [0, 0.1) is 0 Å². The number of nitrogens with one attached hydrogen (secondary N) is 2. The van der Waals surface area contributed by atoms with Crippen LogP contribution in [0.2, 0.25) is 0 Å². The fourth-order valence-corrected chi connectivity index (χ4v) is 2.29. The van der Waals surface area contributed by atoms with Gasteiger partial charge < -0.3 is 15.5 Å². The van der Waals surface area contributed by atoms with Gasteiger partial charge in [0, 0.05) is 20.1 Å². The second-order valence-electron chi connectivity index (χ2n) is 5.27. The average molecular weight is 308 g/mol. The lowest BCUT2D eigenvalue weighted by molar-refractivity contribution is -0.157. The van der Waals surface area contributed by atoms with Crippen molar-refractivity contribution in [2.24, 2.45) is 4.99 Å². The van der Waals surface area contributed by atoms with E-state index in [0.717, 1.165) is 32.7 Å². The SMILES string of the molecule is CN=C(NCC(=O)N(C)CC(F)(F)F)NC1CCCCC1. The van der Waals surface area contributed by atoms with Crippen molar-refractivity contribution in [3.63, 3.8) is 0 Å². The Labute approximate surface area is 123 Å². The summed E-state index contributed by atoms with van der Waals surface area (Å²) < 4.78 is 36.6. The van der Waals surface area contributed by atoms with Crippen LogP contribution >= 0.6 is 0 Å². The van der Waals surface area contributed by atoms with E-state index >= 15 is 0 Å². The Bertz CT molecular complexity index is 365. The highest BCUT2D eigenvalue weighted by atomic mass is 19.4. The maximum atomic E-state index is 12.2. The van der Waals surface area contributed by atoms with E-state index < -0.39 is 18.6 Å². The summed E-state index contributed by atoms with van der Waals surface area (Å²) in [5, 5.41) is 5.96. The van der Waals surface area contributed by atoms with Gasteiger partial charge in [-0.1, -0.05) is 19.3 Å². The molecule has 2 N–H and O–H groups in total. The second kappa shape index (κ2) is 8.09. The van der Waals surface area contributed by atoms with Gasteiger partial charge in [-0.2, -0.15) is 13.2 Å². The van der Waals surface area contributed by atoms with Gasteiger partial charge >= 0.3 is 6.18 Å². The van der Waals surface area contributed by atoms with Crippen molar-refractivity contribution in [1.29, 1.82) is 0 Å². The van der Waals surface area contributed by atoms with Crippen LogP contribution in [-0.4, -0.2) is 56.2 Å². The van der Waals surface area contributed by atoms with Crippen LogP contribution in [0.3, 0.4) is 0 Å². The first kappa shape index (κ1) is 17.6. The quantitative estimate of drug-likeness (QED) is 0.611. The maximum Gasteiger partial charge on any atom is 0.406 e. The fraction of sp³-hybridized carbons (Fsp3) is 0.846. The van der Waals surface area contributed by atoms with Gasteiger partial charge in [0.15, 0.2) is 5.96 Å². The zero-order chi connectivity index (χ0) is 15.9. The van der Waals surface area contributed by atoms with Gasteiger partial charge in [0.25, 0.3) is 0 Å². The number of amides is 1. The molecule has 0 saturated heterocycles. The predicted molar refractivity (Wildman–Crippen MR) is 75.1 cm³/mol. The van der Waals surface area contributed by atoms with Crippen molar-refractivity contribution < 1.29 is 18.0 Å². The smallest absolute Gasteiger partial charge is 0.354 e. The number of carbonyl (C=O) groups excluding carboxylic acids is 1. The Morgan fingerprint density at radius 1 is 1.29 bits per heavy atom. The molecule has 1 rings (SSSR count). The molecule has 1 fully saturated rings. The fourth-order valence-electron chi connectivity index (χ4n) is 2.29. The van der Waals surface area contributed by atoms with Crippen LogP contribution < -0.4 is 10.6 Å². The third-order valence-corrected chi connectivity index (χ3v) is 3.42. The van der Waals surface area contributed by atoms with E-state index in [1.807, 2.05) is 0 Å². The number of halogens is 3. The van der Waals surface area contributed by atoms with Crippen molar-refractivity contribution in [2.45, 2.75) is 44.3 Å². The Morgan fingerprint density at radius 3 is 2.43 bits per heavy atom. The minimum Gasteiger partial charge on any atom is -0.354 e. The minimum atomic E-state index is -4.38. The van der Waals surface area contributed by atoms with Crippen LogP contribution in [0.25, 0.3) is 0 Å². The molecule has 0 atom stereocenters. The number of guanidine groups is 1. The second-order valence-corrected chi connectivity index (χ2v) is 5.27. The van der Waals surface area contributed by atoms with E-state index in [-0.39, 0.29) is 6.54 Å². The van der Waals surface area contributed by atoms with E-state index in [2.05, 4.69) is 15.6 Å². The number of likely N-dealkylation sites (N-methyl/N-ethyl adjacent to an activating group) is 1. The molecule has 0 aromatic carbocycles. The Morgan fingerprint density at radius 2 is 1.90 bits per heavy atom. The molecule has 0 heterocycles. The molecule has 1 aliphatic carbocycles. The highest BCUT2D eigenvalue weighted by Crippen LogP contribution is 2.17. The first-order valence-corrected chi connectivity index (χ1v) is 7.09. The third-order valence-electron chi connectivity index (χ3n) is 3.42. The Balaban J connectivity index is 2.35. The van der Waals surface area contributed by atoms with Crippen LogP contribution in [0.5, 0.6) is 0 Å². The molecule has 1 amide bonds. The molecule has 21 heavy (non-hydrogen) atoms. The summed E-state index contributed by atoms with van der Waals surface area (Å²) in [6.07, 6.45) is 1.24. The summed E-state index contributed by atoms with van der Waals surface area (Å²) in [6.45, 7) is -1.46. The van der Waals surface area contributed by atoms with Crippen LogP contribution in [0.15, 0.2) is 4.99 Å². The topological polar surface area (TPSA) is 56.7 Å². The molecule has 1 saturated carbocycles. The zero-order valence-electron chi connectivity index (χ0n) is 12.5. The Hall–Kier alpha value is -1.47. The van der Waals surface area contributed by atoms with E-state index in [9.17, 15) is 18.0 Å². The number of alkyl halides is 3. The van der Waals surface area contributed by atoms with Crippen molar-refractivity contribution in [2.75, 3.05) is 27.2 Å². The lowest BCUT2D eigenvalue weighted by Crippen LogP contribution is -2.48. The molecule has 0 unspecified atom stereocenters. The van der Waals surface area contributed by atoms with Gasteiger partial charge in [-0.3, -0.25) is 9.79 Å². The zero-order valence-corrected chi connectivity index (χ0v) is 12.5. The number of rotatable bonds is 4. The van der Waals surface area contributed by atoms with Gasteiger partial charge in [0.1, 0.15) is 6.54 Å². The molecule has 0 spiro atoms. The number of aliphatic imine (C=N–C) groups is 1. The van der Waals surface area contributed by atoms with Crippen LogP contribution in [-0.2, 0) is 4.79 Å². The van der Waals surface area contributed by atoms with Gasteiger partial charge in [0.05, 0.1) is 6.54 Å². The van der Waals surface area contributed by atoms with Crippen molar-refractivity contribution in [1.82, 2.24) is 15.5 Å². The normalized spacial score (nSPS) is 17.5. The Kier molecular flexibility index (Phi) is 6.77. The molecule has 1 aliphatic rings. The molecule has 0 aromatic heterocycles. The molecule has 0 aromatic rings. The van der Waals surface area contributed by atoms with Crippen molar-refractivity contribution >= 4 is 11.9 Å². The van der Waals surface area contributed by atoms with Crippen LogP contribution in [0.4, 0.5) is 13.2 Å². The van der Waals surface area contributed by atoms with Crippen molar-refractivity contribution in [3.8, 4) is 0 Å². The van der Waals surface area contributed by atoms with Gasteiger partial charge in [-0.15, -0.1) is 0 Å². The van der Waals surface area contributed by atoms with E-state index in [4.69, 9.17) is 0 Å². The first-order valence-electron chi connectivity index (χ1n) is 7.09. The lowest BCUT2D eigenvalue weighted by Gasteiger charge is -2.25. The number of hydrogen-bond donors (Lipinski definition) is 2. The van der Waals surface area contributed by atoms with Gasteiger partial charge in [-0.05, 0) is 12.8 Å². The standard InChI is InChI=1S/C13H23F3N4O/c1-17-12(19-10-6-4-3-5-7-10)18-8-11(21)20(2)9-13(14,15)16/h10H,3-9H2,1-2H3,(H2,17,18,19). The highest BCUT2D eigenvalue weighted by molar-refractivity contribution is 5.86. The molecule has 0 aliphatic heterocycles. The molecule has 122 valence electrons. The highest BCUT2D eigenvalue weighted by Gasteiger charge is 2.31. The summed E-state index contributed by atoms with van der Waals surface area (Å²) in [6, 6.07) is 0.313. The number of hydrogen-bond acceptors (Lipinski definition) is 2. The summed E-state index contributed by atoms with van der Waals surface area (Å²) in [4.78, 5) is 16.3. The molecule has 5 nitrogen and oxygen atoms in total. The molecule has 8 heteroatoms. The maximum absolute atomic E-state index is 12.2. The summed E-state index contributed by atoms with van der Waals surface area (Å²) in [5.41, 5.74) is 0. The molecule has 0 bridgehead atoms. The van der Waals surface area contributed by atoms with E-state index in [1.54, 1.807) is 7.05 Å². The first-order chi connectivity index (χ1) is 9.81. The third kappa shape index (κ3) is 7.19. The van der Waals surface area contributed by atoms with Crippen LogP contribution in [0.1, 0.15) is 32.1 Å². The average Bonchev–Trinajstić information content (AvgIpc) is 2.42. The lowest BCUT2D eigenvalue weighted by atomic mass is 9.96. The molecular formula is C13H23F3N4O. The van der Waals surface area contributed by atoms with Gasteiger partial charge in [0.2, 0.25) is 5.91 Å². The minimum absolute atomic E-state index is 0.209. The predicted octanol–water partition coefficient (Wildman–Crippen LogP) is 1.50.